The Labute approximate surface area is 152 Å². The van der Waals surface area contributed by atoms with Crippen molar-refractivity contribution in [3.8, 4) is 11.3 Å². The molecule has 5 nitrogen and oxygen atoms in total. The first kappa shape index (κ1) is 16.7. The fourth-order valence-electron chi connectivity index (χ4n) is 2.72. The average Bonchev–Trinajstić information content (AvgIpc) is 3.22. The van der Waals surface area contributed by atoms with Gasteiger partial charge in [-0.25, -0.2) is 13.8 Å². The van der Waals surface area contributed by atoms with Crippen LogP contribution in [0.2, 0.25) is 0 Å². The zero-order valence-corrected chi connectivity index (χ0v) is 13.8. The van der Waals surface area contributed by atoms with E-state index in [1.54, 1.807) is 30.3 Å². The lowest BCUT2D eigenvalue weighted by molar-refractivity contribution is -0.117. The van der Waals surface area contributed by atoms with E-state index in [9.17, 15) is 18.4 Å². The van der Waals surface area contributed by atoms with Crippen LogP contribution in [0.5, 0.6) is 0 Å². The van der Waals surface area contributed by atoms with Crippen molar-refractivity contribution in [1.82, 2.24) is 5.43 Å². The summed E-state index contributed by atoms with van der Waals surface area (Å²) >= 11 is 0. The smallest absolute Gasteiger partial charge is 0.282 e. The molecule has 2 amide bonds. The van der Waals surface area contributed by atoms with Crippen LogP contribution in [0.1, 0.15) is 5.76 Å². The number of nitrogens with zero attached hydrogens (tertiary/aromatic N) is 1. The van der Waals surface area contributed by atoms with E-state index in [1.807, 2.05) is 0 Å². The summed E-state index contributed by atoms with van der Waals surface area (Å²) in [7, 11) is 0. The molecule has 1 aliphatic rings. The van der Waals surface area contributed by atoms with Crippen molar-refractivity contribution in [3.63, 3.8) is 0 Å². The minimum absolute atomic E-state index is 0.0779. The van der Waals surface area contributed by atoms with Crippen LogP contribution in [0, 0.1) is 11.6 Å². The van der Waals surface area contributed by atoms with Crippen molar-refractivity contribution in [1.29, 1.82) is 0 Å². The molecular weight excluding hydrogens is 354 g/mol. The van der Waals surface area contributed by atoms with Gasteiger partial charge in [-0.1, -0.05) is 18.2 Å². The largest absolute Gasteiger partial charge is 0.457 e. The van der Waals surface area contributed by atoms with Crippen molar-refractivity contribution < 1.29 is 22.8 Å². The lowest BCUT2D eigenvalue weighted by Crippen LogP contribution is -2.35. The van der Waals surface area contributed by atoms with Gasteiger partial charge in [0.2, 0.25) is 0 Å². The predicted octanol–water partition coefficient (Wildman–Crippen LogP) is 3.69. The first-order valence-corrected chi connectivity index (χ1v) is 8.00. The third-order valence-electron chi connectivity index (χ3n) is 4.02. The van der Waals surface area contributed by atoms with Crippen LogP contribution >= 0.6 is 0 Å². The lowest BCUT2D eigenvalue weighted by Gasteiger charge is -2.13. The molecule has 1 fully saturated rings. The molecule has 0 bridgehead atoms. The number of nitrogens with one attached hydrogen (secondary N) is 1. The van der Waals surface area contributed by atoms with E-state index in [2.05, 4.69) is 5.43 Å². The molecule has 0 saturated carbocycles. The van der Waals surface area contributed by atoms with Gasteiger partial charge in [-0.05, 0) is 42.5 Å². The van der Waals surface area contributed by atoms with Gasteiger partial charge in [0.1, 0.15) is 28.7 Å². The maximum Gasteiger partial charge on any atom is 0.282 e. The molecule has 2 aromatic carbocycles. The maximum atomic E-state index is 13.9. The van der Waals surface area contributed by atoms with Crippen molar-refractivity contribution >= 4 is 23.6 Å². The minimum Gasteiger partial charge on any atom is -0.457 e. The molecule has 7 heteroatoms. The highest BCUT2D eigenvalue weighted by molar-refractivity contribution is 6.31. The Hall–Kier alpha value is -3.74. The summed E-state index contributed by atoms with van der Waals surface area (Å²) in [6, 6.07) is 14.7. The number of halogens is 2. The molecule has 0 radical (unpaired) electrons. The van der Waals surface area contributed by atoms with Gasteiger partial charge in [0.05, 0.1) is 11.3 Å². The summed E-state index contributed by atoms with van der Waals surface area (Å²) in [4.78, 5) is 24.7. The van der Waals surface area contributed by atoms with E-state index in [0.29, 0.717) is 5.69 Å². The first-order chi connectivity index (χ1) is 13.0. The van der Waals surface area contributed by atoms with Gasteiger partial charge in [-0.3, -0.25) is 15.0 Å². The number of amides is 2. The second-order valence-electron chi connectivity index (χ2n) is 5.80. The second kappa shape index (κ2) is 6.53. The summed E-state index contributed by atoms with van der Waals surface area (Å²) in [6.45, 7) is 0. The van der Waals surface area contributed by atoms with Crippen molar-refractivity contribution in [2.45, 2.75) is 0 Å². The maximum absolute atomic E-state index is 13.9. The fraction of sp³-hybridized carbons (Fsp3) is 0. The van der Waals surface area contributed by atoms with E-state index >= 15 is 0 Å². The van der Waals surface area contributed by atoms with E-state index in [4.69, 9.17) is 4.42 Å². The number of benzene rings is 2. The summed E-state index contributed by atoms with van der Waals surface area (Å²) in [5.41, 5.74) is 2.96. The van der Waals surface area contributed by atoms with Crippen LogP contribution in [0.25, 0.3) is 17.4 Å². The quantitative estimate of drug-likeness (QED) is 0.568. The van der Waals surface area contributed by atoms with Crippen LogP contribution in [0.4, 0.5) is 14.5 Å². The number of carbonyl (C=O) groups is 2. The van der Waals surface area contributed by atoms with Gasteiger partial charge >= 0.3 is 0 Å². The molecule has 2 heterocycles. The number of hydrazine groups is 1. The highest BCUT2D eigenvalue weighted by atomic mass is 19.1. The highest BCUT2D eigenvalue weighted by Crippen LogP contribution is 2.27. The average molecular weight is 366 g/mol. The summed E-state index contributed by atoms with van der Waals surface area (Å²) < 4.78 is 32.4. The molecule has 27 heavy (non-hydrogen) atoms. The summed E-state index contributed by atoms with van der Waals surface area (Å²) in [6.07, 6.45) is 1.28. The standard InChI is InChI=1S/C20H12F2N2O3/c21-12-6-8-15(17(22)10-12)18-9-7-14(27-18)11-16-19(25)23-24(20(16)26)13-4-2-1-3-5-13/h1-11H,(H,23,25)/b16-11+. The van der Waals surface area contributed by atoms with Crippen molar-refractivity contribution in [3.05, 3.63) is 83.6 Å². The Bertz CT molecular complexity index is 1070. The molecule has 1 N–H and O–H groups in total. The van der Waals surface area contributed by atoms with E-state index in [0.717, 1.165) is 17.1 Å². The molecule has 134 valence electrons. The van der Waals surface area contributed by atoms with Crippen LogP contribution in [-0.2, 0) is 9.59 Å². The first-order valence-electron chi connectivity index (χ1n) is 8.00. The normalized spacial score (nSPS) is 15.5. The Morgan fingerprint density at radius 1 is 0.963 bits per heavy atom. The van der Waals surface area contributed by atoms with E-state index in [-0.39, 0.29) is 22.7 Å². The van der Waals surface area contributed by atoms with E-state index < -0.39 is 23.4 Å². The van der Waals surface area contributed by atoms with Crippen molar-refractivity contribution in [2.24, 2.45) is 0 Å². The van der Waals surface area contributed by atoms with Gasteiger partial charge in [0.25, 0.3) is 11.8 Å². The molecule has 1 saturated heterocycles. The number of para-hydroxylation sites is 1. The SMILES string of the molecule is O=C1NN(c2ccccc2)C(=O)/C1=C/c1ccc(-c2ccc(F)cc2F)o1. The van der Waals surface area contributed by atoms with Gasteiger partial charge in [0.15, 0.2) is 0 Å². The topological polar surface area (TPSA) is 62.6 Å². The Balaban J connectivity index is 1.63. The van der Waals surface area contributed by atoms with Crippen LogP contribution in [-0.4, -0.2) is 11.8 Å². The Morgan fingerprint density at radius 3 is 2.48 bits per heavy atom. The number of rotatable bonds is 3. The molecule has 1 aliphatic heterocycles. The number of carbonyl (C=O) groups excluding carboxylic acids is 2. The molecule has 0 unspecified atom stereocenters. The monoisotopic (exact) mass is 366 g/mol. The van der Waals surface area contributed by atoms with Gasteiger partial charge in [0, 0.05) is 6.07 Å². The molecule has 4 rings (SSSR count). The number of anilines is 1. The molecule has 1 aromatic heterocycles. The van der Waals surface area contributed by atoms with Crippen LogP contribution in [0.3, 0.4) is 0 Å². The summed E-state index contributed by atoms with van der Waals surface area (Å²) in [5.74, 6) is -2.22. The predicted molar refractivity (Wildman–Crippen MR) is 94.1 cm³/mol. The van der Waals surface area contributed by atoms with Gasteiger partial charge in [-0.2, -0.15) is 0 Å². The third-order valence-corrected chi connectivity index (χ3v) is 4.02. The minimum atomic E-state index is -0.770. The number of furan rings is 1. The molecule has 0 spiro atoms. The zero-order chi connectivity index (χ0) is 19.0. The molecule has 0 atom stereocenters. The fourth-order valence-corrected chi connectivity index (χ4v) is 2.72. The molecule has 0 aliphatic carbocycles. The van der Waals surface area contributed by atoms with Crippen LogP contribution < -0.4 is 10.4 Å². The lowest BCUT2D eigenvalue weighted by atomic mass is 10.1. The third kappa shape index (κ3) is 3.10. The number of hydrogen-bond acceptors (Lipinski definition) is 3. The van der Waals surface area contributed by atoms with Crippen molar-refractivity contribution in [2.75, 3.05) is 5.01 Å². The Kier molecular flexibility index (Phi) is 4.04. The second-order valence-corrected chi connectivity index (χ2v) is 5.80. The van der Waals surface area contributed by atoms with E-state index in [1.165, 1.54) is 24.3 Å². The van der Waals surface area contributed by atoms with Crippen LogP contribution in [0.15, 0.2) is 70.7 Å². The molecular formula is C20H12F2N2O3. The van der Waals surface area contributed by atoms with Gasteiger partial charge < -0.3 is 4.42 Å². The van der Waals surface area contributed by atoms with Gasteiger partial charge in [-0.15, -0.1) is 0 Å². The number of hydrogen-bond donors (Lipinski definition) is 1. The Morgan fingerprint density at radius 2 is 1.74 bits per heavy atom. The highest BCUT2D eigenvalue weighted by Gasteiger charge is 2.34. The molecule has 3 aromatic rings. The summed E-state index contributed by atoms with van der Waals surface area (Å²) in [5, 5.41) is 1.14. The zero-order valence-electron chi connectivity index (χ0n) is 13.8.